The number of aryl methyl sites for hydroxylation is 2. The summed E-state index contributed by atoms with van der Waals surface area (Å²) in [5.74, 6) is 1.62. The number of hydrogen-bond donors (Lipinski definition) is 2. The highest BCUT2D eigenvalue weighted by Gasteiger charge is 2.47. The molecule has 2 aromatic carbocycles. The van der Waals surface area contributed by atoms with Crippen LogP contribution < -0.4 is 10.6 Å². The van der Waals surface area contributed by atoms with E-state index in [2.05, 4.69) is 62.6 Å². The molecule has 1 aliphatic heterocycles. The van der Waals surface area contributed by atoms with E-state index in [4.69, 9.17) is 9.72 Å². The number of nitrogens with zero attached hydrogens (tertiary/aromatic N) is 3. The lowest BCUT2D eigenvalue weighted by Crippen LogP contribution is -2.53. The molecule has 1 aliphatic carbocycles. The van der Waals surface area contributed by atoms with Gasteiger partial charge in [-0.2, -0.15) is 0 Å². The van der Waals surface area contributed by atoms with Crippen molar-refractivity contribution in [3.63, 3.8) is 0 Å². The lowest BCUT2D eigenvalue weighted by Gasteiger charge is -2.43. The Morgan fingerprint density at radius 3 is 2.53 bits per heavy atom. The minimum atomic E-state index is -0.584. The Kier molecular flexibility index (Phi) is 5.94. The smallest absolute Gasteiger partial charge is 0.408 e. The molecule has 3 heterocycles. The molecule has 2 N–H and O–H groups in total. The van der Waals surface area contributed by atoms with E-state index in [0.717, 1.165) is 72.1 Å². The van der Waals surface area contributed by atoms with E-state index in [1.165, 1.54) is 5.56 Å². The van der Waals surface area contributed by atoms with Gasteiger partial charge in [0.05, 0.1) is 28.3 Å². The molecule has 1 fully saturated rings. The van der Waals surface area contributed by atoms with E-state index >= 15 is 0 Å². The third kappa shape index (κ3) is 4.42. The summed E-state index contributed by atoms with van der Waals surface area (Å²) in [6, 6.07) is 22.7. The van der Waals surface area contributed by atoms with Gasteiger partial charge in [-0.15, -0.1) is 0 Å². The molecule has 38 heavy (non-hydrogen) atoms. The quantitative estimate of drug-likeness (QED) is 0.277. The summed E-state index contributed by atoms with van der Waals surface area (Å²) >= 11 is 0. The van der Waals surface area contributed by atoms with E-state index in [9.17, 15) is 4.79 Å². The fraction of sp³-hybridized carbons (Fsp3) is 0.323. The Morgan fingerprint density at radius 2 is 1.79 bits per heavy atom. The Hall–Kier alpha value is -4.13. The van der Waals surface area contributed by atoms with Crippen LogP contribution in [0.25, 0.3) is 17.1 Å². The number of alkyl carbamates (subject to hydrolysis) is 1. The van der Waals surface area contributed by atoms with Crippen LogP contribution in [0.5, 0.6) is 0 Å². The van der Waals surface area contributed by atoms with E-state index in [-0.39, 0.29) is 0 Å². The Morgan fingerprint density at radius 1 is 1.03 bits per heavy atom. The van der Waals surface area contributed by atoms with E-state index < -0.39 is 17.2 Å². The van der Waals surface area contributed by atoms with Gasteiger partial charge in [-0.1, -0.05) is 42.5 Å². The summed E-state index contributed by atoms with van der Waals surface area (Å²) in [7, 11) is 0. The lowest BCUT2D eigenvalue weighted by atomic mass is 9.73. The van der Waals surface area contributed by atoms with Crippen LogP contribution in [0.4, 0.5) is 16.3 Å². The highest BCUT2D eigenvalue weighted by atomic mass is 16.6. The van der Waals surface area contributed by atoms with Crippen molar-refractivity contribution in [2.24, 2.45) is 0 Å². The third-order valence-electron chi connectivity index (χ3n) is 7.29. The molecule has 7 nitrogen and oxygen atoms in total. The number of pyridine rings is 1. The van der Waals surface area contributed by atoms with Gasteiger partial charge in [-0.3, -0.25) is 4.57 Å². The van der Waals surface area contributed by atoms with Crippen molar-refractivity contribution in [2.45, 2.75) is 64.0 Å². The molecule has 0 atom stereocenters. The van der Waals surface area contributed by atoms with E-state index in [1.807, 2.05) is 45.0 Å². The Balaban J connectivity index is 1.54. The van der Waals surface area contributed by atoms with Crippen LogP contribution in [0.1, 0.15) is 57.0 Å². The predicted molar refractivity (Wildman–Crippen MR) is 149 cm³/mol. The molecule has 7 heteroatoms. The maximum atomic E-state index is 13.1. The van der Waals surface area contributed by atoms with Gasteiger partial charge in [0, 0.05) is 11.8 Å². The van der Waals surface area contributed by atoms with Crippen LogP contribution >= 0.6 is 0 Å². The minimum Gasteiger partial charge on any atom is -0.444 e. The van der Waals surface area contributed by atoms with Crippen LogP contribution in [0.3, 0.4) is 0 Å². The number of imidazole rings is 1. The van der Waals surface area contributed by atoms with E-state index in [1.54, 1.807) is 6.20 Å². The third-order valence-corrected chi connectivity index (χ3v) is 7.29. The Bertz CT molecular complexity index is 1480. The number of anilines is 2. The van der Waals surface area contributed by atoms with Crippen molar-refractivity contribution in [2.75, 3.05) is 5.32 Å². The Labute approximate surface area is 223 Å². The number of carbonyl (C=O) groups excluding carboxylic acids is 1. The number of aromatic nitrogens is 3. The summed E-state index contributed by atoms with van der Waals surface area (Å²) in [5.41, 5.74) is 4.99. The number of rotatable bonds is 5. The van der Waals surface area contributed by atoms with Crippen LogP contribution in [0, 0.1) is 0 Å². The summed E-state index contributed by atoms with van der Waals surface area (Å²) < 4.78 is 7.95. The van der Waals surface area contributed by atoms with Crippen molar-refractivity contribution in [3.8, 4) is 17.1 Å². The zero-order valence-corrected chi connectivity index (χ0v) is 22.1. The van der Waals surface area contributed by atoms with Gasteiger partial charge in [0.2, 0.25) is 0 Å². The molecule has 0 saturated heterocycles. The van der Waals surface area contributed by atoms with Crippen molar-refractivity contribution in [1.82, 2.24) is 19.9 Å². The van der Waals surface area contributed by atoms with Gasteiger partial charge in [0.25, 0.3) is 0 Å². The summed E-state index contributed by atoms with van der Waals surface area (Å²) in [5, 5.41) is 6.81. The normalized spacial score (nSPS) is 15.1. The van der Waals surface area contributed by atoms with Crippen molar-refractivity contribution >= 4 is 17.6 Å². The molecule has 2 aliphatic rings. The molecule has 0 bridgehead atoms. The molecule has 1 amide bonds. The second-order valence-electron chi connectivity index (χ2n) is 11.2. The fourth-order valence-electron chi connectivity index (χ4n) is 5.49. The largest absolute Gasteiger partial charge is 0.444 e. The van der Waals surface area contributed by atoms with Gasteiger partial charge >= 0.3 is 6.09 Å². The van der Waals surface area contributed by atoms with Crippen molar-refractivity contribution in [3.05, 3.63) is 89.9 Å². The topological polar surface area (TPSA) is 81.1 Å². The van der Waals surface area contributed by atoms with Gasteiger partial charge in [-0.25, -0.2) is 14.8 Å². The highest BCUT2D eigenvalue weighted by molar-refractivity contribution is 5.84. The predicted octanol–water partition coefficient (Wildman–Crippen LogP) is 6.68. The number of ether oxygens (including phenoxy) is 1. The SMILES string of the molecule is CC(C)(C)OC(=O)NC1(c2c(CCc3ccccc3)nc3n2-c2cccnc2Nc2ccccc2-3)CCC1. The zero-order chi connectivity index (χ0) is 26.3. The molecule has 0 spiro atoms. The standard InChI is InChI=1S/C31H33N5O2/c1-30(2,3)38-29(37)35-31(18-10-19-31)26-24(17-16-21-11-5-4-6-12-21)34-28-22-13-7-8-14-23(22)33-27-25(36(26)28)15-9-20-32-27/h4-9,11-15,20H,10,16-19H2,1-3H3,(H,32,33)(H,35,37). The van der Waals surface area contributed by atoms with Gasteiger partial charge in [0.15, 0.2) is 5.82 Å². The first-order valence-electron chi connectivity index (χ1n) is 13.3. The van der Waals surface area contributed by atoms with Gasteiger partial charge < -0.3 is 15.4 Å². The summed E-state index contributed by atoms with van der Waals surface area (Å²) in [6.07, 6.45) is 5.66. The average Bonchev–Trinajstić information content (AvgIpc) is 3.18. The molecule has 6 rings (SSSR count). The fourth-order valence-corrected chi connectivity index (χ4v) is 5.49. The number of carbonyl (C=O) groups is 1. The first-order valence-corrected chi connectivity index (χ1v) is 13.3. The molecular weight excluding hydrogens is 474 g/mol. The van der Waals surface area contributed by atoms with Crippen molar-refractivity contribution < 1.29 is 9.53 Å². The lowest BCUT2D eigenvalue weighted by molar-refractivity contribution is 0.0368. The van der Waals surface area contributed by atoms with Crippen LogP contribution in [-0.4, -0.2) is 26.2 Å². The van der Waals surface area contributed by atoms with Crippen LogP contribution in [-0.2, 0) is 23.1 Å². The number of para-hydroxylation sites is 1. The first-order chi connectivity index (χ1) is 18.3. The minimum absolute atomic E-state index is 0.402. The number of hydrogen-bond acceptors (Lipinski definition) is 5. The van der Waals surface area contributed by atoms with Crippen LogP contribution in [0.15, 0.2) is 72.9 Å². The first kappa shape index (κ1) is 24.2. The molecule has 2 aromatic heterocycles. The monoisotopic (exact) mass is 507 g/mol. The number of fused-ring (bicyclic) bond motifs is 5. The van der Waals surface area contributed by atoms with Gasteiger partial charge in [-0.05, 0) is 82.7 Å². The van der Waals surface area contributed by atoms with Gasteiger partial charge in [0.1, 0.15) is 11.4 Å². The number of amides is 1. The molecule has 4 aromatic rings. The number of benzene rings is 2. The maximum Gasteiger partial charge on any atom is 0.408 e. The second kappa shape index (κ2) is 9.31. The number of nitrogens with one attached hydrogen (secondary N) is 2. The molecular formula is C31H33N5O2. The highest BCUT2D eigenvalue weighted by Crippen LogP contribution is 2.48. The van der Waals surface area contributed by atoms with Crippen LogP contribution in [0.2, 0.25) is 0 Å². The molecule has 1 saturated carbocycles. The zero-order valence-electron chi connectivity index (χ0n) is 22.1. The van der Waals surface area contributed by atoms with E-state index in [0.29, 0.717) is 0 Å². The molecule has 0 unspecified atom stereocenters. The maximum absolute atomic E-state index is 13.1. The summed E-state index contributed by atoms with van der Waals surface area (Å²) in [4.78, 5) is 23.1. The molecule has 194 valence electrons. The second-order valence-corrected chi connectivity index (χ2v) is 11.2. The molecule has 0 radical (unpaired) electrons. The summed E-state index contributed by atoms with van der Waals surface area (Å²) in [6.45, 7) is 5.67. The van der Waals surface area contributed by atoms with Crippen molar-refractivity contribution in [1.29, 1.82) is 0 Å². The average molecular weight is 508 g/mol.